The number of ketones is 1. The second-order valence-corrected chi connectivity index (χ2v) is 6.60. The average molecular weight is 369 g/mol. The summed E-state index contributed by atoms with van der Waals surface area (Å²) in [6.07, 6.45) is 1.68. The third-order valence-corrected chi connectivity index (χ3v) is 4.82. The zero-order valence-corrected chi connectivity index (χ0v) is 14.6. The van der Waals surface area contributed by atoms with E-state index < -0.39 is 5.78 Å². The van der Waals surface area contributed by atoms with Crippen molar-refractivity contribution in [2.45, 2.75) is 0 Å². The van der Waals surface area contributed by atoms with Crippen molar-refractivity contribution < 1.29 is 19.7 Å². The van der Waals surface area contributed by atoms with E-state index in [0.29, 0.717) is 0 Å². The van der Waals surface area contributed by atoms with Crippen LogP contribution in [-0.2, 0) is 0 Å². The van der Waals surface area contributed by atoms with Gasteiger partial charge in [-0.1, -0.05) is 48.5 Å². The Morgan fingerprint density at radius 1 is 0.929 bits per heavy atom. The smallest absolute Gasteiger partial charge is 0.235 e. The number of para-hydroxylation sites is 1. The number of aromatic nitrogens is 1. The number of benzene rings is 3. The molecule has 28 heavy (non-hydrogen) atoms. The number of nitrogens with one attached hydrogen (secondary N) is 1. The van der Waals surface area contributed by atoms with Crippen molar-refractivity contribution in [2.24, 2.45) is 0 Å². The lowest BCUT2D eigenvalue weighted by atomic mass is 10.0. The number of hydrogen-bond donors (Lipinski definition) is 3. The summed E-state index contributed by atoms with van der Waals surface area (Å²) in [5.74, 6) is -0.641. The maximum Gasteiger partial charge on any atom is 0.235 e. The number of rotatable bonds is 2. The molecule has 0 aliphatic carbocycles. The van der Waals surface area contributed by atoms with Gasteiger partial charge in [-0.25, -0.2) is 0 Å². The summed E-state index contributed by atoms with van der Waals surface area (Å²) >= 11 is 0. The summed E-state index contributed by atoms with van der Waals surface area (Å²) in [4.78, 5) is 16.2. The molecule has 0 fully saturated rings. The van der Waals surface area contributed by atoms with E-state index in [4.69, 9.17) is 4.74 Å². The number of aromatic amines is 1. The van der Waals surface area contributed by atoms with Crippen LogP contribution in [-0.4, -0.2) is 21.0 Å². The molecule has 5 nitrogen and oxygen atoms in total. The van der Waals surface area contributed by atoms with Gasteiger partial charge in [0.1, 0.15) is 22.8 Å². The van der Waals surface area contributed by atoms with Gasteiger partial charge in [0, 0.05) is 28.6 Å². The van der Waals surface area contributed by atoms with E-state index in [-0.39, 0.29) is 28.6 Å². The third-order valence-electron chi connectivity index (χ3n) is 4.82. The molecule has 0 radical (unpaired) electrons. The number of Topliss-reactive ketones (excluding diaryl/α,β-unsaturated/α-hetero) is 1. The number of carbonyl (C=O) groups excluding carboxylic acids is 1. The van der Waals surface area contributed by atoms with E-state index in [1.807, 2.05) is 54.6 Å². The fourth-order valence-electron chi connectivity index (χ4n) is 3.56. The van der Waals surface area contributed by atoms with Crippen LogP contribution < -0.4 is 4.74 Å². The van der Waals surface area contributed by atoms with E-state index in [1.54, 1.807) is 6.08 Å². The van der Waals surface area contributed by atoms with Crippen LogP contribution in [0.5, 0.6) is 17.2 Å². The van der Waals surface area contributed by atoms with Crippen LogP contribution >= 0.6 is 0 Å². The van der Waals surface area contributed by atoms with Crippen molar-refractivity contribution in [3.63, 3.8) is 0 Å². The van der Waals surface area contributed by atoms with Gasteiger partial charge in [0.2, 0.25) is 5.78 Å². The quantitative estimate of drug-likeness (QED) is 0.441. The molecular weight excluding hydrogens is 354 g/mol. The summed E-state index contributed by atoms with van der Waals surface area (Å²) < 4.78 is 5.67. The van der Waals surface area contributed by atoms with Gasteiger partial charge in [-0.05, 0) is 17.7 Å². The van der Waals surface area contributed by atoms with Gasteiger partial charge < -0.3 is 19.9 Å². The van der Waals surface area contributed by atoms with Crippen LogP contribution in [0.3, 0.4) is 0 Å². The number of ether oxygens (including phenoxy) is 1. The Morgan fingerprint density at radius 2 is 1.68 bits per heavy atom. The van der Waals surface area contributed by atoms with Crippen molar-refractivity contribution in [3.8, 4) is 28.5 Å². The summed E-state index contributed by atoms with van der Waals surface area (Å²) in [7, 11) is 0. The largest absolute Gasteiger partial charge is 0.508 e. The molecule has 0 spiro atoms. The number of hydrogen-bond acceptors (Lipinski definition) is 4. The van der Waals surface area contributed by atoms with Crippen LogP contribution in [0.15, 0.2) is 72.5 Å². The highest BCUT2D eigenvalue weighted by molar-refractivity contribution is 6.17. The number of carbonyl (C=O) groups is 1. The lowest BCUT2D eigenvalue weighted by molar-refractivity contribution is 0.101. The Balaban J connectivity index is 1.70. The van der Waals surface area contributed by atoms with Gasteiger partial charge in [-0.15, -0.1) is 0 Å². The predicted octanol–water partition coefficient (Wildman–Crippen LogP) is 4.86. The van der Waals surface area contributed by atoms with Gasteiger partial charge >= 0.3 is 0 Å². The van der Waals surface area contributed by atoms with E-state index >= 15 is 0 Å². The fraction of sp³-hybridized carbons (Fsp3) is 0. The highest BCUT2D eigenvalue weighted by Crippen LogP contribution is 2.41. The molecule has 0 atom stereocenters. The van der Waals surface area contributed by atoms with Crippen molar-refractivity contribution in [3.05, 3.63) is 83.6 Å². The van der Waals surface area contributed by atoms with Crippen LogP contribution in [0.4, 0.5) is 0 Å². The maximum atomic E-state index is 12.8. The molecule has 5 heteroatoms. The summed E-state index contributed by atoms with van der Waals surface area (Å²) in [5, 5.41) is 20.7. The topological polar surface area (TPSA) is 82.6 Å². The lowest BCUT2D eigenvalue weighted by Gasteiger charge is -2.03. The molecule has 0 saturated carbocycles. The van der Waals surface area contributed by atoms with Crippen molar-refractivity contribution in [2.75, 3.05) is 0 Å². The van der Waals surface area contributed by atoms with Crippen molar-refractivity contribution >= 4 is 22.8 Å². The Morgan fingerprint density at radius 3 is 2.50 bits per heavy atom. The lowest BCUT2D eigenvalue weighted by Crippen LogP contribution is -1.98. The minimum Gasteiger partial charge on any atom is -0.508 e. The Labute approximate surface area is 160 Å². The van der Waals surface area contributed by atoms with E-state index in [9.17, 15) is 15.0 Å². The number of phenols is 2. The van der Waals surface area contributed by atoms with Gasteiger partial charge in [-0.3, -0.25) is 4.79 Å². The van der Waals surface area contributed by atoms with Crippen molar-refractivity contribution in [1.29, 1.82) is 0 Å². The van der Waals surface area contributed by atoms with Gasteiger partial charge in [0.15, 0.2) is 5.76 Å². The van der Waals surface area contributed by atoms with Gasteiger partial charge in [0.05, 0.1) is 5.69 Å². The van der Waals surface area contributed by atoms with E-state index in [2.05, 4.69) is 4.98 Å². The molecule has 3 aromatic carbocycles. The second-order valence-electron chi connectivity index (χ2n) is 6.60. The van der Waals surface area contributed by atoms with Gasteiger partial charge in [0.25, 0.3) is 0 Å². The van der Waals surface area contributed by atoms with Crippen LogP contribution in [0.2, 0.25) is 0 Å². The Kier molecular flexibility index (Phi) is 3.49. The minimum absolute atomic E-state index is 0.0603. The zero-order valence-electron chi connectivity index (χ0n) is 14.6. The number of H-pyrrole nitrogens is 1. The van der Waals surface area contributed by atoms with Crippen LogP contribution in [0.1, 0.15) is 15.9 Å². The zero-order chi connectivity index (χ0) is 19.3. The minimum atomic E-state index is -0.420. The van der Waals surface area contributed by atoms with E-state index in [0.717, 1.165) is 33.8 Å². The first-order chi connectivity index (χ1) is 13.6. The second kappa shape index (κ2) is 6.03. The average Bonchev–Trinajstić information content (AvgIpc) is 3.21. The molecule has 5 rings (SSSR count). The summed E-state index contributed by atoms with van der Waals surface area (Å²) in [6.45, 7) is 0. The highest BCUT2D eigenvalue weighted by atomic mass is 16.5. The van der Waals surface area contributed by atoms with Gasteiger partial charge in [-0.2, -0.15) is 0 Å². The molecule has 1 aliphatic rings. The number of phenolic OH excluding ortho intramolecular Hbond substituents is 2. The maximum absolute atomic E-state index is 12.8. The molecule has 4 aromatic rings. The standard InChI is InChI=1S/C23H15NO4/c25-14-10-18(26)21-19(11-14)28-20(23(21)27)12-16-15-8-4-5-9-17(15)24-22(16)13-6-2-1-3-7-13/h1-12,24-26H/b20-12-. The number of aromatic hydroxyl groups is 2. The number of allylic oxidation sites excluding steroid dienone is 1. The molecule has 0 saturated heterocycles. The Hall–Kier alpha value is -3.99. The normalized spacial score (nSPS) is 14.4. The first-order valence-electron chi connectivity index (χ1n) is 8.78. The highest BCUT2D eigenvalue weighted by Gasteiger charge is 2.32. The first kappa shape index (κ1) is 16.2. The number of fused-ring (bicyclic) bond motifs is 2. The molecule has 1 aromatic heterocycles. The molecule has 0 unspecified atom stereocenters. The SMILES string of the molecule is O=C1/C(=C/c2c(-c3ccccc3)[nH]c3ccccc23)Oc2cc(O)cc(O)c21. The molecule has 136 valence electrons. The fourth-order valence-corrected chi connectivity index (χ4v) is 3.56. The van der Waals surface area contributed by atoms with Crippen LogP contribution in [0, 0.1) is 0 Å². The van der Waals surface area contributed by atoms with E-state index in [1.165, 1.54) is 6.07 Å². The molecule has 3 N–H and O–H groups in total. The first-order valence-corrected chi connectivity index (χ1v) is 8.78. The summed E-state index contributed by atoms with van der Waals surface area (Å²) in [6, 6.07) is 20.1. The molecule has 2 heterocycles. The van der Waals surface area contributed by atoms with Crippen LogP contribution in [0.25, 0.3) is 28.2 Å². The van der Waals surface area contributed by atoms with Crippen molar-refractivity contribution in [1.82, 2.24) is 4.98 Å². The third kappa shape index (κ3) is 2.45. The summed E-state index contributed by atoms with van der Waals surface area (Å²) in [5.41, 5.74) is 3.67. The molecule has 0 amide bonds. The Bertz CT molecular complexity index is 1270. The molecule has 1 aliphatic heterocycles. The molecule has 0 bridgehead atoms. The monoisotopic (exact) mass is 369 g/mol. The predicted molar refractivity (Wildman–Crippen MR) is 106 cm³/mol. The molecular formula is C23H15NO4.